The van der Waals surface area contributed by atoms with Crippen molar-refractivity contribution >= 4 is 11.5 Å². The lowest BCUT2D eigenvalue weighted by Gasteiger charge is -2.40. The van der Waals surface area contributed by atoms with Gasteiger partial charge in [-0.25, -0.2) is 0 Å². The van der Waals surface area contributed by atoms with Crippen molar-refractivity contribution in [1.29, 1.82) is 5.41 Å². The van der Waals surface area contributed by atoms with Crippen LogP contribution in [0.3, 0.4) is 0 Å². The maximum absolute atomic E-state index is 7.70. The zero-order chi connectivity index (χ0) is 14.0. The fourth-order valence-corrected chi connectivity index (χ4v) is 2.98. The molecule has 0 spiro atoms. The van der Waals surface area contributed by atoms with Gasteiger partial charge in [0.25, 0.3) is 0 Å². The molecule has 0 heterocycles. The number of rotatable bonds is 3. The highest BCUT2D eigenvalue weighted by atomic mass is 15.1. The van der Waals surface area contributed by atoms with E-state index < -0.39 is 0 Å². The minimum Gasteiger partial charge on any atom is -0.384 e. The number of benzene rings is 1. The van der Waals surface area contributed by atoms with Crippen molar-refractivity contribution in [1.82, 2.24) is 0 Å². The lowest BCUT2D eigenvalue weighted by atomic mass is 9.75. The normalized spacial score (nSPS) is 19.1. The van der Waals surface area contributed by atoms with Crippen LogP contribution in [0.4, 0.5) is 5.69 Å². The van der Waals surface area contributed by atoms with Gasteiger partial charge in [0, 0.05) is 24.3 Å². The van der Waals surface area contributed by atoms with Gasteiger partial charge in [0.15, 0.2) is 0 Å². The Hall–Kier alpha value is -1.51. The summed E-state index contributed by atoms with van der Waals surface area (Å²) in [6.45, 7) is 4.71. The molecule has 19 heavy (non-hydrogen) atoms. The molecule has 0 atom stereocenters. The van der Waals surface area contributed by atoms with E-state index in [0.717, 1.165) is 11.3 Å². The summed E-state index contributed by atoms with van der Waals surface area (Å²) in [4.78, 5) is 2.31. The number of para-hydroxylation sites is 1. The predicted molar refractivity (Wildman–Crippen MR) is 81.9 cm³/mol. The molecule has 1 saturated carbocycles. The number of anilines is 1. The largest absolute Gasteiger partial charge is 0.384 e. The van der Waals surface area contributed by atoms with Gasteiger partial charge in [0.05, 0.1) is 0 Å². The molecule has 0 saturated heterocycles. The summed E-state index contributed by atoms with van der Waals surface area (Å²) >= 11 is 0. The van der Waals surface area contributed by atoms with Gasteiger partial charge in [-0.1, -0.05) is 26.0 Å². The zero-order valence-electron chi connectivity index (χ0n) is 12.2. The van der Waals surface area contributed by atoms with E-state index in [1.807, 2.05) is 18.2 Å². The molecule has 1 aliphatic carbocycles. The molecule has 0 aliphatic heterocycles. The molecule has 0 aromatic heterocycles. The van der Waals surface area contributed by atoms with Crippen LogP contribution >= 0.6 is 0 Å². The third kappa shape index (κ3) is 3.09. The van der Waals surface area contributed by atoms with Gasteiger partial charge in [-0.2, -0.15) is 0 Å². The number of nitrogens with two attached hydrogens (primary N) is 1. The second kappa shape index (κ2) is 5.24. The molecular weight excluding hydrogens is 234 g/mol. The average molecular weight is 259 g/mol. The second-order valence-corrected chi connectivity index (χ2v) is 6.44. The number of hydrogen-bond donors (Lipinski definition) is 2. The van der Waals surface area contributed by atoms with Crippen LogP contribution in [-0.2, 0) is 0 Å². The van der Waals surface area contributed by atoms with Gasteiger partial charge in [0.2, 0.25) is 0 Å². The standard InChI is InChI=1S/C16H25N3/c1-16(2)10-8-12(9-11-16)19(3)14-7-5-4-6-13(14)15(17)18/h4-7,12H,8-11H2,1-3H3,(H3,17,18). The molecule has 104 valence electrons. The Bertz CT molecular complexity index is 455. The van der Waals surface area contributed by atoms with Gasteiger partial charge >= 0.3 is 0 Å². The van der Waals surface area contributed by atoms with Crippen molar-refractivity contribution in [3.05, 3.63) is 29.8 Å². The second-order valence-electron chi connectivity index (χ2n) is 6.44. The molecule has 3 heteroatoms. The maximum atomic E-state index is 7.70. The van der Waals surface area contributed by atoms with E-state index in [9.17, 15) is 0 Å². The van der Waals surface area contributed by atoms with E-state index in [1.54, 1.807) is 0 Å². The first-order valence-electron chi connectivity index (χ1n) is 7.07. The summed E-state index contributed by atoms with van der Waals surface area (Å²) in [5.41, 5.74) is 8.09. The van der Waals surface area contributed by atoms with Crippen LogP contribution in [-0.4, -0.2) is 18.9 Å². The zero-order valence-corrected chi connectivity index (χ0v) is 12.2. The fraction of sp³-hybridized carbons (Fsp3) is 0.562. The van der Waals surface area contributed by atoms with Crippen molar-refractivity contribution in [2.24, 2.45) is 11.1 Å². The van der Waals surface area contributed by atoms with E-state index in [1.165, 1.54) is 25.7 Å². The molecule has 0 bridgehead atoms. The Balaban J connectivity index is 2.17. The maximum Gasteiger partial charge on any atom is 0.124 e. The number of nitrogens with one attached hydrogen (secondary N) is 1. The van der Waals surface area contributed by atoms with E-state index in [4.69, 9.17) is 11.1 Å². The highest BCUT2D eigenvalue weighted by Crippen LogP contribution is 2.38. The number of amidine groups is 1. The van der Waals surface area contributed by atoms with Crippen LogP contribution in [0.15, 0.2) is 24.3 Å². The van der Waals surface area contributed by atoms with Gasteiger partial charge in [-0.3, -0.25) is 5.41 Å². The summed E-state index contributed by atoms with van der Waals surface area (Å²) in [6.07, 6.45) is 4.97. The number of hydrogen-bond acceptors (Lipinski definition) is 2. The van der Waals surface area contributed by atoms with Gasteiger partial charge < -0.3 is 10.6 Å². The number of nitrogen functional groups attached to an aromatic ring is 1. The van der Waals surface area contributed by atoms with Crippen LogP contribution in [0.2, 0.25) is 0 Å². The van der Waals surface area contributed by atoms with E-state index >= 15 is 0 Å². The molecule has 2 rings (SSSR count). The SMILES string of the molecule is CN(c1ccccc1C(=N)N)C1CCC(C)(C)CC1. The Morgan fingerprint density at radius 1 is 1.26 bits per heavy atom. The Morgan fingerprint density at radius 2 is 1.84 bits per heavy atom. The van der Waals surface area contributed by atoms with Gasteiger partial charge in [-0.05, 0) is 43.2 Å². The monoisotopic (exact) mass is 259 g/mol. The highest BCUT2D eigenvalue weighted by Gasteiger charge is 2.29. The topological polar surface area (TPSA) is 53.1 Å². The van der Waals surface area contributed by atoms with Crippen LogP contribution in [0, 0.1) is 10.8 Å². The minimum absolute atomic E-state index is 0.151. The molecule has 1 aromatic carbocycles. The van der Waals surface area contributed by atoms with Gasteiger partial charge in [-0.15, -0.1) is 0 Å². The molecule has 3 N–H and O–H groups in total. The van der Waals surface area contributed by atoms with Crippen molar-refractivity contribution in [3.8, 4) is 0 Å². The van der Waals surface area contributed by atoms with Crippen molar-refractivity contribution < 1.29 is 0 Å². The van der Waals surface area contributed by atoms with Crippen molar-refractivity contribution in [2.75, 3.05) is 11.9 Å². The first-order valence-corrected chi connectivity index (χ1v) is 7.07. The van der Waals surface area contributed by atoms with Crippen LogP contribution in [0.25, 0.3) is 0 Å². The van der Waals surface area contributed by atoms with Crippen LogP contribution in [0.1, 0.15) is 45.1 Å². The Labute approximate surface area is 116 Å². The summed E-state index contributed by atoms with van der Waals surface area (Å²) in [5, 5.41) is 7.70. The molecular formula is C16H25N3. The molecule has 1 fully saturated rings. The predicted octanol–water partition coefficient (Wildman–Crippen LogP) is 3.38. The van der Waals surface area contributed by atoms with E-state index in [-0.39, 0.29) is 5.84 Å². The average Bonchev–Trinajstić information content (AvgIpc) is 2.38. The molecule has 0 amide bonds. The lowest BCUT2D eigenvalue weighted by molar-refractivity contribution is 0.222. The fourth-order valence-electron chi connectivity index (χ4n) is 2.98. The molecule has 1 aliphatic rings. The summed E-state index contributed by atoms with van der Waals surface area (Å²) in [7, 11) is 2.13. The molecule has 0 unspecified atom stereocenters. The lowest BCUT2D eigenvalue weighted by Crippen LogP contribution is -2.38. The third-order valence-electron chi connectivity index (χ3n) is 4.43. The Morgan fingerprint density at radius 3 is 2.42 bits per heavy atom. The summed E-state index contributed by atoms with van der Waals surface area (Å²) in [5.74, 6) is 0.151. The number of nitrogens with zero attached hydrogens (tertiary/aromatic N) is 1. The minimum atomic E-state index is 0.151. The third-order valence-corrected chi connectivity index (χ3v) is 4.43. The highest BCUT2D eigenvalue weighted by molar-refractivity contribution is 6.00. The molecule has 1 aromatic rings. The first kappa shape index (κ1) is 13.9. The molecule has 3 nitrogen and oxygen atoms in total. The van der Waals surface area contributed by atoms with Crippen molar-refractivity contribution in [3.63, 3.8) is 0 Å². The summed E-state index contributed by atoms with van der Waals surface area (Å²) < 4.78 is 0. The van der Waals surface area contributed by atoms with Gasteiger partial charge in [0.1, 0.15) is 5.84 Å². The van der Waals surface area contributed by atoms with E-state index in [2.05, 4.69) is 31.9 Å². The van der Waals surface area contributed by atoms with Crippen molar-refractivity contribution in [2.45, 2.75) is 45.6 Å². The first-order chi connectivity index (χ1) is 8.91. The van der Waals surface area contributed by atoms with E-state index in [0.29, 0.717) is 11.5 Å². The quantitative estimate of drug-likeness (QED) is 0.646. The Kier molecular flexibility index (Phi) is 3.83. The molecule has 0 radical (unpaired) electrons. The summed E-state index contributed by atoms with van der Waals surface area (Å²) in [6, 6.07) is 8.52. The smallest absolute Gasteiger partial charge is 0.124 e. The van der Waals surface area contributed by atoms with Crippen LogP contribution < -0.4 is 10.6 Å². The van der Waals surface area contributed by atoms with Crippen LogP contribution in [0.5, 0.6) is 0 Å².